The highest BCUT2D eigenvalue weighted by atomic mass is 15.4. The Hall–Kier alpha value is -0.900. The first-order valence-electron chi connectivity index (χ1n) is 8.13. The molecule has 4 heteroatoms. The molecule has 0 unspecified atom stereocenters. The molecule has 4 fully saturated rings. The van der Waals surface area contributed by atoms with E-state index < -0.39 is 0 Å². The van der Waals surface area contributed by atoms with Gasteiger partial charge in [-0.3, -0.25) is 0 Å². The lowest BCUT2D eigenvalue weighted by atomic mass is 9.38. The van der Waals surface area contributed by atoms with Crippen molar-refractivity contribution in [1.82, 2.24) is 19.9 Å². The normalized spacial score (nSPS) is 43.2. The smallest absolute Gasteiger partial charge is 0.0890 e. The van der Waals surface area contributed by atoms with E-state index in [2.05, 4.69) is 47.1 Å². The molecule has 0 aromatic carbocycles. The molecule has 0 aliphatic heterocycles. The number of rotatable bonds is 3. The van der Waals surface area contributed by atoms with Crippen molar-refractivity contribution in [2.75, 3.05) is 14.1 Å². The third-order valence-electron chi connectivity index (χ3n) is 6.36. The maximum absolute atomic E-state index is 4.53. The highest BCUT2D eigenvalue weighted by Gasteiger charge is 2.70. The van der Waals surface area contributed by atoms with Gasteiger partial charge in [0.25, 0.3) is 0 Å². The standard InChI is InChI=1S/C16H26N4/c1-12-4-6-13(7-5-12)20-8-14(17-18-20)15-9-16(10-15,11-15)19(2)3/h8,12-13H,4-7,9-11H2,1-3H3. The van der Waals surface area contributed by atoms with Crippen LogP contribution in [0, 0.1) is 5.92 Å². The summed E-state index contributed by atoms with van der Waals surface area (Å²) in [5.74, 6) is 0.895. The van der Waals surface area contributed by atoms with E-state index >= 15 is 0 Å². The van der Waals surface area contributed by atoms with Gasteiger partial charge >= 0.3 is 0 Å². The zero-order chi connectivity index (χ0) is 14.0. The second-order valence-electron chi connectivity index (χ2n) is 7.93. The molecule has 110 valence electrons. The molecule has 1 aromatic heterocycles. The highest BCUT2D eigenvalue weighted by Crippen LogP contribution is 2.69. The first kappa shape index (κ1) is 12.8. The van der Waals surface area contributed by atoms with Crippen LogP contribution < -0.4 is 0 Å². The first-order chi connectivity index (χ1) is 9.53. The Balaban J connectivity index is 1.45. The van der Waals surface area contributed by atoms with Gasteiger partial charge in [0.15, 0.2) is 0 Å². The van der Waals surface area contributed by atoms with Gasteiger partial charge < -0.3 is 4.90 Å². The summed E-state index contributed by atoms with van der Waals surface area (Å²) < 4.78 is 2.17. The van der Waals surface area contributed by atoms with Gasteiger partial charge in [0, 0.05) is 17.2 Å². The molecule has 0 amide bonds. The molecule has 1 aromatic rings. The van der Waals surface area contributed by atoms with E-state index in [1.807, 2.05) is 0 Å². The monoisotopic (exact) mass is 274 g/mol. The third kappa shape index (κ3) is 1.63. The minimum Gasteiger partial charge on any atom is -0.304 e. The van der Waals surface area contributed by atoms with Crippen molar-refractivity contribution in [2.45, 2.75) is 68.9 Å². The Morgan fingerprint density at radius 3 is 2.40 bits per heavy atom. The fourth-order valence-corrected chi connectivity index (χ4v) is 4.69. The van der Waals surface area contributed by atoms with Gasteiger partial charge in [0.1, 0.15) is 0 Å². The Morgan fingerprint density at radius 1 is 1.15 bits per heavy atom. The maximum atomic E-state index is 4.53. The Bertz CT molecular complexity index is 491. The van der Waals surface area contributed by atoms with Crippen molar-refractivity contribution in [3.63, 3.8) is 0 Å². The van der Waals surface area contributed by atoms with E-state index in [1.54, 1.807) is 0 Å². The fraction of sp³-hybridized carbons (Fsp3) is 0.875. The summed E-state index contributed by atoms with van der Waals surface area (Å²) in [6, 6.07) is 0.600. The van der Waals surface area contributed by atoms with Gasteiger partial charge in [-0.1, -0.05) is 12.1 Å². The number of aromatic nitrogens is 3. The lowest BCUT2D eigenvalue weighted by Gasteiger charge is -2.72. The molecule has 5 rings (SSSR count). The van der Waals surface area contributed by atoms with Crippen LogP contribution in [-0.4, -0.2) is 39.5 Å². The summed E-state index contributed by atoms with van der Waals surface area (Å²) in [7, 11) is 4.42. The van der Waals surface area contributed by atoms with Gasteiger partial charge in [-0.25, -0.2) is 4.68 Å². The SMILES string of the molecule is CC1CCC(n2cc(C34CC(N(C)C)(C3)C4)nn2)CC1. The minimum atomic E-state index is 0.379. The second-order valence-corrected chi connectivity index (χ2v) is 7.93. The quantitative estimate of drug-likeness (QED) is 0.850. The van der Waals surface area contributed by atoms with E-state index in [1.165, 1.54) is 50.6 Å². The molecule has 0 saturated heterocycles. The van der Waals surface area contributed by atoms with Crippen LogP contribution in [0.15, 0.2) is 6.20 Å². The van der Waals surface area contributed by atoms with Crippen LogP contribution in [0.4, 0.5) is 0 Å². The Morgan fingerprint density at radius 2 is 1.80 bits per heavy atom. The molecule has 4 saturated carbocycles. The van der Waals surface area contributed by atoms with Crippen molar-refractivity contribution in [3.8, 4) is 0 Å². The molecule has 0 atom stereocenters. The van der Waals surface area contributed by atoms with Gasteiger partial charge in [-0.05, 0) is 65.0 Å². The Kier molecular flexibility index (Phi) is 2.60. The minimum absolute atomic E-state index is 0.379. The summed E-state index contributed by atoms with van der Waals surface area (Å²) >= 11 is 0. The van der Waals surface area contributed by atoms with Crippen molar-refractivity contribution in [3.05, 3.63) is 11.9 Å². The van der Waals surface area contributed by atoms with E-state index in [9.17, 15) is 0 Å². The van der Waals surface area contributed by atoms with Gasteiger partial charge in [-0.2, -0.15) is 0 Å². The summed E-state index contributed by atoms with van der Waals surface area (Å²) in [6.45, 7) is 2.37. The largest absolute Gasteiger partial charge is 0.304 e. The molecular weight excluding hydrogens is 248 g/mol. The third-order valence-corrected chi connectivity index (χ3v) is 6.36. The van der Waals surface area contributed by atoms with Crippen LogP contribution in [0.25, 0.3) is 0 Å². The van der Waals surface area contributed by atoms with Crippen molar-refractivity contribution in [2.24, 2.45) is 5.92 Å². The molecule has 0 radical (unpaired) electrons. The average molecular weight is 274 g/mol. The molecule has 2 bridgehead atoms. The molecule has 4 aliphatic carbocycles. The molecule has 20 heavy (non-hydrogen) atoms. The highest BCUT2D eigenvalue weighted by molar-refractivity contribution is 5.36. The van der Waals surface area contributed by atoms with Crippen LogP contribution in [0.3, 0.4) is 0 Å². The topological polar surface area (TPSA) is 34.0 Å². The molecule has 1 heterocycles. The zero-order valence-electron chi connectivity index (χ0n) is 13.0. The summed E-state index contributed by atoms with van der Waals surface area (Å²) in [4.78, 5) is 2.40. The molecule has 0 spiro atoms. The Labute approximate surface area is 121 Å². The predicted octanol–water partition coefficient (Wildman–Crippen LogP) is 2.77. The van der Waals surface area contributed by atoms with Crippen LogP contribution in [0.1, 0.15) is 63.6 Å². The van der Waals surface area contributed by atoms with Gasteiger partial charge in [-0.15, -0.1) is 5.10 Å². The summed E-state index contributed by atoms with van der Waals surface area (Å²) in [5.41, 5.74) is 2.13. The van der Waals surface area contributed by atoms with E-state index in [0.717, 1.165) is 5.92 Å². The van der Waals surface area contributed by atoms with Crippen LogP contribution >= 0.6 is 0 Å². The lowest BCUT2D eigenvalue weighted by molar-refractivity contribution is -0.153. The van der Waals surface area contributed by atoms with Crippen molar-refractivity contribution < 1.29 is 0 Å². The summed E-state index contributed by atoms with van der Waals surface area (Å²) in [6.07, 6.45) is 11.4. The van der Waals surface area contributed by atoms with Gasteiger partial charge in [0.2, 0.25) is 0 Å². The van der Waals surface area contributed by atoms with Crippen LogP contribution in [0.2, 0.25) is 0 Å². The van der Waals surface area contributed by atoms with Gasteiger partial charge in [0.05, 0.1) is 11.7 Å². The van der Waals surface area contributed by atoms with Crippen molar-refractivity contribution >= 4 is 0 Å². The molecule has 4 nitrogen and oxygen atoms in total. The molecular formula is C16H26N4. The van der Waals surface area contributed by atoms with E-state index in [4.69, 9.17) is 0 Å². The average Bonchev–Trinajstić information content (AvgIpc) is 2.75. The zero-order valence-corrected chi connectivity index (χ0v) is 13.0. The van der Waals surface area contributed by atoms with E-state index in [0.29, 0.717) is 17.0 Å². The van der Waals surface area contributed by atoms with E-state index in [-0.39, 0.29) is 0 Å². The van der Waals surface area contributed by atoms with Crippen LogP contribution in [0.5, 0.6) is 0 Å². The number of hydrogen-bond donors (Lipinski definition) is 0. The molecule has 0 N–H and O–H groups in total. The lowest BCUT2D eigenvalue weighted by Crippen LogP contribution is -2.75. The summed E-state index contributed by atoms with van der Waals surface area (Å²) in [5, 5.41) is 8.99. The number of hydrogen-bond acceptors (Lipinski definition) is 3. The fourth-order valence-electron chi connectivity index (χ4n) is 4.69. The predicted molar refractivity (Wildman–Crippen MR) is 78.6 cm³/mol. The van der Waals surface area contributed by atoms with Crippen molar-refractivity contribution in [1.29, 1.82) is 0 Å². The van der Waals surface area contributed by atoms with Crippen LogP contribution in [-0.2, 0) is 5.41 Å². The number of nitrogens with zero attached hydrogens (tertiary/aromatic N) is 4. The maximum Gasteiger partial charge on any atom is 0.0890 e. The second kappa shape index (κ2) is 4.06. The first-order valence-corrected chi connectivity index (χ1v) is 8.13. The molecule has 4 aliphatic rings.